The first-order valence-corrected chi connectivity index (χ1v) is 11.9. The largest absolute Gasteiger partial charge is 0.497 e. The van der Waals surface area contributed by atoms with Gasteiger partial charge in [0.15, 0.2) is 0 Å². The summed E-state index contributed by atoms with van der Waals surface area (Å²) in [4.78, 5) is 25.2. The number of alkyl halides is 2. The molecule has 1 amide bonds. The highest BCUT2D eigenvalue weighted by Crippen LogP contribution is 2.32. The molecule has 1 aliphatic heterocycles. The first-order valence-electron chi connectivity index (χ1n) is 11.9. The number of aromatic nitrogens is 2. The van der Waals surface area contributed by atoms with Crippen molar-refractivity contribution in [3.8, 4) is 11.6 Å². The van der Waals surface area contributed by atoms with E-state index >= 15 is 0 Å². The molecule has 1 aliphatic rings. The third-order valence-electron chi connectivity index (χ3n) is 6.24. The van der Waals surface area contributed by atoms with Crippen LogP contribution < -0.4 is 19.3 Å². The van der Waals surface area contributed by atoms with E-state index < -0.39 is 18.9 Å². The number of methoxy groups -OCH3 is 1. The van der Waals surface area contributed by atoms with Crippen LogP contribution in [0.15, 0.2) is 60.9 Å². The van der Waals surface area contributed by atoms with E-state index in [4.69, 9.17) is 9.47 Å². The fraction of sp³-hybridized carbons (Fsp3) is 0.370. The Balaban J connectivity index is 1.53. The highest BCUT2D eigenvalue weighted by Gasteiger charge is 2.28. The van der Waals surface area contributed by atoms with Gasteiger partial charge in [0, 0.05) is 37.6 Å². The number of anilines is 2. The van der Waals surface area contributed by atoms with E-state index in [-0.39, 0.29) is 5.82 Å². The molecule has 36 heavy (non-hydrogen) atoms. The Kier molecular flexibility index (Phi) is 8.30. The molecule has 3 heterocycles. The number of benzene rings is 1. The molecule has 4 rings (SSSR count). The molecule has 7 nitrogen and oxygen atoms in total. The quantitative estimate of drug-likeness (QED) is 0.415. The second kappa shape index (κ2) is 11.8. The van der Waals surface area contributed by atoms with Crippen LogP contribution in [0.1, 0.15) is 28.8 Å². The van der Waals surface area contributed by atoms with Gasteiger partial charge in [0.2, 0.25) is 5.88 Å². The van der Waals surface area contributed by atoms with Gasteiger partial charge in [-0.25, -0.2) is 18.7 Å². The Hall–Kier alpha value is -3.75. The van der Waals surface area contributed by atoms with Crippen molar-refractivity contribution in [2.24, 2.45) is 5.92 Å². The number of halogens is 2. The number of hydrogen-bond donors (Lipinski definition) is 0. The Morgan fingerprint density at radius 3 is 2.58 bits per heavy atom. The zero-order chi connectivity index (χ0) is 25.5. The van der Waals surface area contributed by atoms with E-state index in [9.17, 15) is 13.6 Å². The third-order valence-corrected chi connectivity index (χ3v) is 6.24. The average Bonchev–Trinajstić information content (AvgIpc) is 2.90. The van der Waals surface area contributed by atoms with Gasteiger partial charge in [-0.15, -0.1) is 0 Å². The van der Waals surface area contributed by atoms with Crippen LogP contribution in [0.2, 0.25) is 0 Å². The number of carbonyl (C=O) groups is 1. The minimum absolute atomic E-state index is 0.201. The highest BCUT2D eigenvalue weighted by molar-refractivity contribution is 6.09. The van der Waals surface area contributed by atoms with Gasteiger partial charge in [-0.1, -0.05) is 6.07 Å². The third kappa shape index (κ3) is 6.27. The lowest BCUT2D eigenvalue weighted by atomic mass is 9.96. The zero-order valence-corrected chi connectivity index (χ0v) is 20.4. The lowest BCUT2D eigenvalue weighted by molar-refractivity contribution is 0.0944. The summed E-state index contributed by atoms with van der Waals surface area (Å²) in [5.74, 6) is 1.22. The predicted octanol–water partition coefficient (Wildman–Crippen LogP) is 5.00. The Labute approximate surface area is 209 Å². The first-order chi connectivity index (χ1) is 17.4. The van der Waals surface area contributed by atoms with Crippen LogP contribution in [0, 0.1) is 12.8 Å². The summed E-state index contributed by atoms with van der Waals surface area (Å²) < 4.78 is 38.2. The van der Waals surface area contributed by atoms with E-state index in [0.717, 1.165) is 23.3 Å². The molecule has 1 saturated heterocycles. The fourth-order valence-corrected chi connectivity index (χ4v) is 4.29. The van der Waals surface area contributed by atoms with Crippen LogP contribution >= 0.6 is 0 Å². The molecular weight excluding hydrogens is 466 g/mol. The summed E-state index contributed by atoms with van der Waals surface area (Å²) in [7, 11) is 1.56. The average molecular weight is 497 g/mol. The molecule has 0 unspecified atom stereocenters. The summed E-state index contributed by atoms with van der Waals surface area (Å²) in [6.45, 7) is 3.04. The first kappa shape index (κ1) is 25.3. The van der Waals surface area contributed by atoms with Crippen LogP contribution in [0.25, 0.3) is 0 Å². The van der Waals surface area contributed by atoms with E-state index in [1.807, 2.05) is 25.1 Å². The summed E-state index contributed by atoms with van der Waals surface area (Å²) >= 11 is 0. The van der Waals surface area contributed by atoms with Crippen molar-refractivity contribution in [3.05, 3.63) is 72.1 Å². The number of pyridine rings is 2. The minimum Gasteiger partial charge on any atom is -0.497 e. The topological polar surface area (TPSA) is 67.8 Å². The normalized spacial score (nSPS) is 14.1. The SMILES string of the molecule is COc1ccc(C(=O)N(CC(F)F)c2cc(C)ccn2)c(N2CCC(COc3ccccn3)CC2)c1. The molecule has 0 saturated carbocycles. The van der Waals surface area contributed by atoms with Crippen LogP contribution in [0.3, 0.4) is 0 Å². The summed E-state index contributed by atoms with van der Waals surface area (Å²) in [5.41, 5.74) is 1.83. The number of rotatable bonds is 9. The minimum atomic E-state index is -2.70. The summed E-state index contributed by atoms with van der Waals surface area (Å²) in [6, 6.07) is 14.1. The molecule has 0 N–H and O–H groups in total. The maximum Gasteiger partial charge on any atom is 0.261 e. The second-order valence-electron chi connectivity index (χ2n) is 8.79. The van der Waals surface area contributed by atoms with Crippen LogP contribution in [-0.2, 0) is 0 Å². The molecule has 0 bridgehead atoms. The second-order valence-corrected chi connectivity index (χ2v) is 8.79. The van der Waals surface area contributed by atoms with Gasteiger partial charge < -0.3 is 14.4 Å². The van der Waals surface area contributed by atoms with E-state index in [2.05, 4.69) is 14.9 Å². The molecule has 2 aromatic heterocycles. The standard InChI is InChI=1S/C27H30F2N4O3/c1-19-8-12-30-25(15-19)33(17-24(28)29)27(34)22-7-6-21(35-2)16-23(22)32-13-9-20(10-14-32)18-36-26-5-3-4-11-31-26/h3-8,11-12,15-16,20,24H,9-10,13-14,17-18H2,1-2H3. The zero-order valence-electron chi connectivity index (χ0n) is 20.4. The number of aryl methyl sites for hydroxylation is 1. The van der Waals surface area contributed by atoms with Crippen molar-refractivity contribution in [1.82, 2.24) is 9.97 Å². The van der Waals surface area contributed by atoms with E-state index in [1.165, 1.54) is 6.20 Å². The van der Waals surface area contributed by atoms with Crippen molar-refractivity contribution in [2.45, 2.75) is 26.2 Å². The lowest BCUT2D eigenvalue weighted by Crippen LogP contribution is -2.39. The van der Waals surface area contributed by atoms with Gasteiger partial charge in [0.25, 0.3) is 12.3 Å². The molecule has 0 atom stereocenters. The van der Waals surface area contributed by atoms with Gasteiger partial charge in [-0.2, -0.15) is 0 Å². The molecule has 3 aromatic rings. The van der Waals surface area contributed by atoms with Crippen molar-refractivity contribution >= 4 is 17.4 Å². The smallest absolute Gasteiger partial charge is 0.261 e. The molecule has 0 aliphatic carbocycles. The molecular formula is C27H30F2N4O3. The molecule has 0 spiro atoms. The molecule has 190 valence electrons. The summed E-state index contributed by atoms with van der Waals surface area (Å²) in [5, 5.41) is 0. The van der Waals surface area contributed by atoms with Crippen LogP contribution in [0.5, 0.6) is 11.6 Å². The van der Waals surface area contributed by atoms with Crippen molar-refractivity contribution in [2.75, 3.05) is 43.2 Å². The Bertz CT molecular complexity index is 1150. The van der Waals surface area contributed by atoms with E-state index in [1.54, 1.807) is 43.6 Å². The van der Waals surface area contributed by atoms with Gasteiger partial charge in [-0.3, -0.25) is 9.69 Å². The maximum atomic E-state index is 13.6. The number of piperidine rings is 1. The molecule has 1 aromatic carbocycles. The van der Waals surface area contributed by atoms with Gasteiger partial charge in [0.1, 0.15) is 11.6 Å². The number of nitrogens with zero attached hydrogens (tertiary/aromatic N) is 4. The molecule has 0 radical (unpaired) electrons. The number of ether oxygens (including phenoxy) is 2. The van der Waals surface area contributed by atoms with Gasteiger partial charge >= 0.3 is 0 Å². The Morgan fingerprint density at radius 2 is 1.92 bits per heavy atom. The molecule has 1 fully saturated rings. The molecule has 9 heteroatoms. The lowest BCUT2D eigenvalue weighted by Gasteiger charge is -2.35. The van der Waals surface area contributed by atoms with Gasteiger partial charge in [-0.05, 0) is 61.6 Å². The van der Waals surface area contributed by atoms with Crippen LogP contribution in [0.4, 0.5) is 20.3 Å². The fourth-order valence-electron chi connectivity index (χ4n) is 4.29. The summed E-state index contributed by atoms with van der Waals surface area (Å²) in [6.07, 6.45) is 2.23. The van der Waals surface area contributed by atoms with Crippen LogP contribution in [-0.4, -0.2) is 55.7 Å². The predicted molar refractivity (Wildman–Crippen MR) is 134 cm³/mol. The van der Waals surface area contributed by atoms with E-state index in [0.29, 0.717) is 48.5 Å². The monoisotopic (exact) mass is 496 g/mol. The van der Waals surface area contributed by atoms with Crippen molar-refractivity contribution in [1.29, 1.82) is 0 Å². The van der Waals surface area contributed by atoms with Gasteiger partial charge in [0.05, 0.1) is 31.5 Å². The number of amides is 1. The number of hydrogen-bond acceptors (Lipinski definition) is 6. The van der Waals surface area contributed by atoms with Crippen molar-refractivity contribution in [3.63, 3.8) is 0 Å². The van der Waals surface area contributed by atoms with Crippen molar-refractivity contribution < 1.29 is 23.0 Å². The highest BCUT2D eigenvalue weighted by atomic mass is 19.3. The number of carbonyl (C=O) groups excluding carboxylic acids is 1. The Morgan fingerprint density at radius 1 is 1.11 bits per heavy atom. The maximum absolute atomic E-state index is 13.6.